The second-order valence-corrected chi connectivity index (χ2v) is 9.26. The summed E-state index contributed by atoms with van der Waals surface area (Å²) >= 11 is 0. The zero-order valence-corrected chi connectivity index (χ0v) is 19.0. The van der Waals surface area contributed by atoms with Crippen LogP contribution in [0.1, 0.15) is 39.5 Å². The van der Waals surface area contributed by atoms with E-state index in [0.717, 1.165) is 13.3 Å². The molecule has 0 aromatic rings. The molecule has 0 radical (unpaired) electrons. The monoisotopic (exact) mass is 477 g/mol. The lowest BCUT2D eigenvalue weighted by atomic mass is 10.4. The summed E-state index contributed by atoms with van der Waals surface area (Å²) in [6.07, 6.45) is 0.755. The summed E-state index contributed by atoms with van der Waals surface area (Å²) in [6, 6.07) is 0. The van der Waals surface area contributed by atoms with Crippen LogP contribution in [0.2, 0.25) is 0 Å². The van der Waals surface area contributed by atoms with Crippen LogP contribution in [-0.2, 0) is 42.2 Å². The van der Waals surface area contributed by atoms with E-state index in [2.05, 4.69) is 19.2 Å². The summed E-state index contributed by atoms with van der Waals surface area (Å²) in [6.45, 7) is 5.00. The van der Waals surface area contributed by atoms with Crippen LogP contribution in [0.5, 0.6) is 0 Å². The molecule has 0 aliphatic carbocycles. The first-order valence-corrected chi connectivity index (χ1v) is 12.6. The van der Waals surface area contributed by atoms with E-state index >= 15 is 0 Å². The van der Waals surface area contributed by atoms with Crippen LogP contribution in [-0.4, -0.2) is 65.3 Å². The van der Waals surface area contributed by atoms with Crippen molar-refractivity contribution < 1.29 is 52.0 Å². The van der Waals surface area contributed by atoms with Crippen molar-refractivity contribution in [1.82, 2.24) is 10.4 Å². The van der Waals surface area contributed by atoms with E-state index in [1.54, 1.807) is 13.8 Å². The quantitative estimate of drug-likeness (QED) is 0.207. The molecule has 5 N–H and O–H groups in total. The Balaban J connectivity index is 0. The third-order valence-electron chi connectivity index (χ3n) is 2.70. The average Bonchev–Trinajstić information content (AvgIpc) is 2.92. The molecule has 1 heterocycles. The Kier molecular flexibility index (Phi) is 15.5. The summed E-state index contributed by atoms with van der Waals surface area (Å²) in [7, 11) is -6.74. The minimum atomic E-state index is -3.45. The van der Waals surface area contributed by atoms with E-state index in [1.165, 1.54) is 0 Å². The Morgan fingerprint density at radius 1 is 1.03 bits per heavy atom. The lowest BCUT2D eigenvalue weighted by Gasteiger charge is -2.10. The fourth-order valence-corrected chi connectivity index (χ4v) is 1.90. The molecule has 1 saturated heterocycles. The average molecular weight is 477 g/mol. The number of amides is 3. The summed E-state index contributed by atoms with van der Waals surface area (Å²) in [4.78, 5) is 64.3. The number of nitrogens with two attached hydrogens (primary N) is 1. The molecule has 0 bridgehead atoms. The molecule has 0 aromatic carbocycles. The number of imide groups is 1. The van der Waals surface area contributed by atoms with Gasteiger partial charge in [0, 0.05) is 39.0 Å². The maximum absolute atomic E-state index is 10.9. The van der Waals surface area contributed by atoms with Crippen LogP contribution < -0.4 is 11.1 Å². The number of carbonyl (C=O) groups excluding carboxylic acids is 4. The fourth-order valence-electron chi connectivity index (χ4n) is 1.32. The SMILES string of the molecule is CCC(=O)NCOP(C)(=O)O.CCC(=O)ON1C(=O)CCC1=O.CP(=O)(O)OCN. The molecule has 1 rings (SSSR count). The highest BCUT2D eigenvalue weighted by Gasteiger charge is 2.32. The van der Waals surface area contributed by atoms with Crippen LogP contribution in [0, 0.1) is 0 Å². The predicted molar refractivity (Wildman–Crippen MR) is 103 cm³/mol. The molecule has 1 aliphatic rings. The first kappa shape index (κ1) is 30.5. The predicted octanol–water partition coefficient (Wildman–Crippen LogP) is 0.0399. The molecule has 30 heavy (non-hydrogen) atoms. The smallest absolute Gasteiger partial charge is 0.332 e. The van der Waals surface area contributed by atoms with Gasteiger partial charge in [-0.3, -0.25) is 32.6 Å². The second kappa shape index (κ2) is 15.2. The largest absolute Gasteiger partial charge is 0.333 e. The Morgan fingerprint density at radius 2 is 1.50 bits per heavy atom. The van der Waals surface area contributed by atoms with Crippen LogP contribution in [0.4, 0.5) is 0 Å². The Hall–Kier alpha value is -1.66. The van der Waals surface area contributed by atoms with Gasteiger partial charge in [0.25, 0.3) is 11.8 Å². The van der Waals surface area contributed by atoms with E-state index in [4.69, 9.17) is 15.5 Å². The number of nitrogens with one attached hydrogen (secondary N) is 1. The number of nitrogens with zero attached hydrogens (tertiary/aromatic N) is 1. The molecule has 2 unspecified atom stereocenters. The Morgan fingerprint density at radius 3 is 1.80 bits per heavy atom. The zero-order valence-electron chi connectivity index (χ0n) is 17.2. The van der Waals surface area contributed by atoms with Crippen molar-refractivity contribution in [3.05, 3.63) is 0 Å². The normalized spacial score (nSPS) is 16.8. The van der Waals surface area contributed by atoms with Crippen molar-refractivity contribution in [3.63, 3.8) is 0 Å². The van der Waals surface area contributed by atoms with Gasteiger partial charge in [0.2, 0.25) is 5.91 Å². The molecular weight excluding hydrogens is 448 g/mol. The van der Waals surface area contributed by atoms with E-state index in [1.807, 2.05) is 0 Å². The summed E-state index contributed by atoms with van der Waals surface area (Å²) in [5.74, 6) is -1.67. The van der Waals surface area contributed by atoms with Gasteiger partial charge in [-0.05, 0) is 0 Å². The van der Waals surface area contributed by atoms with Gasteiger partial charge in [-0.15, -0.1) is 5.06 Å². The molecule has 16 heteroatoms. The van der Waals surface area contributed by atoms with Crippen molar-refractivity contribution in [2.75, 3.05) is 26.8 Å². The third-order valence-corrected chi connectivity index (χ3v) is 3.93. The van der Waals surface area contributed by atoms with E-state index in [9.17, 15) is 28.3 Å². The van der Waals surface area contributed by atoms with Crippen molar-refractivity contribution in [3.8, 4) is 0 Å². The molecule has 3 amide bonds. The Labute approximate surface area is 174 Å². The lowest BCUT2D eigenvalue weighted by molar-refractivity contribution is -0.197. The van der Waals surface area contributed by atoms with Crippen molar-refractivity contribution in [1.29, 1.82) is 0 Å². The molecule has 176 valence electrons. The number of carbonyl (C=O) groups is 4. The van der Waals surface area contributed by atoms with Gasteiger partial charge in [-0.1, -0.05) is 13.8 Å². The minimum Gasteiger partial charge on any atom is -0.333 e. The fraction of sp³-hybridized carbons (Fsp3) is 0.714. The highest BCUT2D eigenvalue weighted by Crippen LogP contribution is 2.35. The maximum Gasteiger partial charge on any atom is 0.332 e. The first-order chi connectivity index (χ1) is 13.7. The minimum absolute atomic E-state index is 0.135. The highest BCUT2D eigenvalue weighted by atomic mass is 31.2. The van der Waals surface area contributed by atoms with Gasteiger partial charge in [0.1, 0.15) is 13.5 Å². The molecular formula is C14H29N3O11P2. The summed E-state index contributed by atoms with van der Waals surface area (Å²) in [5.41, 5.74) is 4.76. The van der Waals surface area contributed by atoms with Gasteiger partial charge in [-0.25, -0.2) is 4.79 Å². The molecule has 0 aromatic heterocycles. The zero-order chi connectivity index (χ0) is 24.0. The molecule has 0 spiro atoms. The van der Waals surface area contributed by atoms with Gasteiger partial charge in [0.05, 0.1) is 0 Å². The van der Waals surface area contributed by atoms with Gasteiger partial charge in [-0.2, -0.15) is 0 Å². The lowest BCUT2D eigenvalue weighted by Crippen LogP contribution is -2.31. The molecule has 0 saturated carbocycles. The van der Waals surface area contributed by atoms with E-state index < -0.39 is 33.0 Å². The molecule has 1 fully saturated rings. The van der Waals surface area contributed by atoms with Gasteiger partial charge < -0.3 is 25.7 Å². The van der Waals surface area contributed by atoms with E-state index in [-0.39, 0.29) is 38.6 Å². The number of hydroxylamine groups is 2. The van der Waals surface area contributed by atoms with E-state index in [0.29, 0.717) is 11.5 Å². The molecule has 2 atom stereocenters. The summed E-state index contributed by atoms with van der Waals surface area (Å²) in [5, 5.41) is 2.84. The van der Waals surface area contributed by atoms with Crippen LogP contribution >= 0.6 is 15.2 Å². The van der Waals surface area contributed by atoms with Crippen molar-refractivity contribution in [2.45, 2.75) is 39.5 Å². The van der Waals surface area contributed by atoms with Crippen LogP contribution in [0.15, 0.2) is 0 Å². The highest BCUT2D eigenvalue weighted by molar-refractivity contribution is 7.52. The number of rotatable bonds is 8. The summed E-state index contributed by atoms with van der Waals surface area (Å²) < 4.78 is 29.0. The van der Waals surface area contributed by atoms with Gasteiger partial charge in [0.15, 0.2) is 0 Å². The number of hydrogen-bond acceptors (Lipinski definition) is 10. The standard InChI is InChI=1S/C7H9NO4.C5H12NO4P.C2H8NO3P/c1-2-7(11)12-8-5(9)3-4-6(8)10;1-3-5(7)6-4-10-11(2,8)9;1-7(4,5)6-2-3/h2-4H2,1H3;3-4H2,1-2H3,(H,6,7)(H,8,9);2-3H2,1H3,(H,4,5). The van der Waals surface area contributed by atoms with Gasteiger partial charge >= 0.3 is 21.2 Å². The maximum atomic E-state index is 10.9. The first-order valence-electron chi connectivity index (χ1n) is 8.59. The van der Waals surface area contributed by atoms with Crippen molar-refractivity contribution in [2.24, 2.45) is 5.73 Å². The Bertz CT molecular complexity index is 658. The second-order valence-electron chi connectivity index (χ2n) is 5.53. The number of hydrogen-bond donors (Lipinski definition) is 4. The van der Waals surface area contributed by atoms with Crippen LogP contribution in [0.25, 0.3) is 0 Å². The molecule has 14 nitrogen and oxygen atoms in total. The topological polar surface area (TPSA) is 212 Å². The molecule has 1 aliphatic heterocycles. The third kappa shape index (κ3) is 18.4. The van der Waals surface area contributed by atoms with Crippen LogP contribution in [0.3, 0.4) is 0 Å². The van der Waals surface area contributed by atoms with Crippen molar-refractivity contribution >= 4 is 38.9 Å².